The molecular weight excluding hydrogens is 1190 g/mol. The molecule has 0 radical (unpaired) electrons. The monoisotopic (exact) mass is 1290 g/mol. The average Bonchev–Trinajstić information content (AvgIpc) is 1.37. The van der Waals surface area contributed by atoms with Crippen molar-refractivity contribution in [2.75, 3.05) is 39.0 Å². The van der Waals surface area contributed by atoms with Gasteiger partial charge in [0.1, 0.15) is 22.5 Å². The number of thiazole rings is 1. The maximum atomic E-state index is 15.7. The second kappa shape index (κ2) is 37.8. The lowest BCUT2D eigenvalue weighted by Crippen LogP contribution is -2.50. The number of hydrogen-bond acceptors (Lipinski definition) is 14. The van der Waals surface area contributed by atoms with E-state index in [9.17, 15) is 48.3 Å². The van der Waals surface area contributed by atoms with Gasteiger partial charge in [-0.15, -0.1) is 11.3 Å². The van der Waals surface area contributed by atoms with Crippen molar-refractivity contribution < 1.29 is 57.8 Å². The van der Waals surface area contributed by atoms with E-state index in [1.54, 1.807) is 35.4 Å². The van der Waals surface area contributed by atoms with Crippen LogP contribution in [0, 0.1) is 35.5 Å². The van der Waals surface area contributed by atoms with Gasteiger partial charge in [0.25, 0.3) is 11.8 Å². The Morgan fingerprint density at radius 2 is 1.53 bits per heavy atom. The number of amides is 7. The number of rotatable bonds is 40. The smallest absolute Gasteiger partial charge is 0.407 e. The Hall–Kier alpha value is -7.59. The Morgan fingerprint density at radius 1 is 0.826 bits per heavy atom. The fourth-order valence-electron chi connectivity index (χ4n) is 12.0. The van der Waals surface area contributed by atoms with Crippen molar-refractivity contribution in [3.05, 3.63) is 106 Å². The number of carboxylic acids is 1. The predicted molar refractivity (Wildman–Crippen MR) is 356 cm³/mol. The molecule has 0 aliphatic carbocycles. The highest BCUT2D eigenvalue weighted by Gasteiger charge is 2.40. The van der Waals surface area contributed by atoms with E-state index in [0.29, 0.717) is 80.7 Å². The average molecular weight is 1290 g/mol. The van der Waals surface area contributed by atoms with E-state index in [-0.39, 0.29) is 104 Å². The fourth-order valence-corrected chi connectivity index (χ4v) is 12.8. The Bertz CT molecular complexity index is 2990. The van der Waals surface area contributed by atoms with Crippen molar-refractivity contribution in [3.8, 4) is 0 Å². The summed E-state index contributed by atoms with van der Waals surface area (Å²) in [5.41, 5.74) is 8.28. The summed E-state index contributed by atoms with van der Waals surface area (Å²) < 4.78 is 6.07. The van der Waals surface area contributed by atoms with Crippen molar-refractivity contribution in [1.29, 1.82) is 0 Å². The van der Waals surface area contributed by atoms with Crippen LogP contribution in [0.3, 0.4) is 0 Å². The number of likely N-dealkylation sites (tertiary alicyclic amines) is 1. The number of piperidine rings is 1. The molecule has 21 nitrogen and oxygen atoms in total. The Balaban J connectivity index is 1.38. The van der Waals surface area contributed by atoms with Crippen LogP contribution < -0.4 is 27.0 Å². The first-order valence-corrected chi connectivity index (χ1v) is 33.8. The molecule has 1 saturated heterocycles. The van der Waals surface area contributed by atoms with Gasteiger partial charge in [0.2, 0.25) is 23.6 Å². The number of ketones is 2. The van der Waals surface area contributed by atoms with Crippen LogP contribution >= 0.6 is 11.3 Å². The third-order valence-corrected chi connectivity index (χ3v) is 18.9. The molecule has 0 unspecified atom stereocenters. The lowest BCUT2D eigenvalue weighted by molar-refractivity contribution is -0.144. The molecule has 1 fully saturated rings. The van der Waals surface area contributed by atoms with Gasteiger partial charge in [-0.3, -0.25) is 48.1 Å². The molecule has 3 aromatic rings. The molecule has 2 aliphatic heterocycles. The van der Waals surface area contributed by atoms with Crippen LogP contribution in [-0.2, 0) is 55.9 Å². The minimum Gasteiger partial charge on any atom is -0.481 e. The van der Waals surface area contributed by atoms with Gasteiger partial charge >= 0.3 is 12.1 Å². The van der Waals surface area contributed by atoms with E-state index in [2.05, 4.69) is 32.7 Å². The maximum Gasteiger partial charge on any atom is 0.407 e. The number of nitrogens with one attached hydrogen (secondary N) is 4. The maximum absolute atomic E-state index is 15.7. The summed E-state index contributed by atoms with van der Waals surface area (Å²) in [6, 6.07) is 14.1. The minimum absolute atomic E-state index is 0.00512. The number of Topliss-reactive ketones (excluding diaryl/α,β-unsaturated/α-hetero) is 2. The number of carbonyl (C=O) groups is 10. The molecule has 92 heavy (non-hydrogen) atoms. The van der Waals surface area contributed by atoms with E-state index in [4.69, 9.17) is 15.5 Å². The van der Waals surface area contributed by atoms with Crippen molar-refractivity contribution in [2.45, 2.75) is 194 Å². The van der Waals surface area contributed by atoms with Crippen LogP contribution in [0.15, 0.2) is 84.4 Å². The molecule has 1 aromatic heterocycles. The molecule has 22 heteroatoms. The molecular formula is C70H101N9O12S. The van der Waals surface area contributed by atoms with Crippen LogP contribution in [-0.4, -0.2) is 142 Å². The van der Waals surface area contributed by atoms with Crippen molar-refractivity contribution in [3.63, 3.8) is 0 Å². The molecule has 7 N–H and O–H groups in total. The number of unbranched alkanes of at least 4 members (excludes halogenated alkanes) is 3. The zero-order valence-corrected chi connectivity index (χ0v) is 56.4. The van der Waals surface area contributed by atoms with E-state index in [1.807, 2.05) is 96.0 Å². The number of ether oxygens (including phenoxy) is 1. The number of alkyl carbamates (subject to hydrolysis) is 1. The lowest BCUT2D eigenvalue weighted by atomic mass is 9.82. The van der Waals surface area contributed by atoms with E-state index in [0.717, 1.165) is 41.9 Å². The topological polar surface area (TPSA) is 297 Å². The zero-order chi connectivity index (χ0) is 67.6. The summed E-state index contributed by atoms with van der Waals surface area (Å²) in [7, 11) is 3.38. The Kier molecular flexibility index (Phi) is 30.9. The summed E-state index contributed by atoms with van der Waals surface area (Å²) in [6.45, 7) is 18.6. The summed E-state index contributed by atoms with van der Waals surface area (Å²) in [4.78, 5) is 145. The summed E-state index contributed by atoms with van der Waals surface area (Å²) in [5.74, 6) is -6.09. The molecule has 0 bridgehead atoms. The number of benzene rings is 2. The first-order chi connectivity index (χ1) is 43.8. The molecule has 0 spiro atoms. The van der Waals surface area contributed by atoms with Gasteiger partial charge in [-0.1, -0.05) is 123 Å². The number of anilines is 1. The lowest BCUT2D eigenvalue weighted by Gasteiger charge is -2.40. The van der Waals surface area contributed by atoms with Gasteiger partial charge in [-0.2, -0.15) is 0 Å². The molecule has 7 amide bonds. The number of likely N-dealkylation sites (N-methyl/N-ethyl adjacent to an activating group) is 1. The number of primary amides is 1. The van der Waals surface area contributed by atoms with Gasteiger partial charge in [0, 0.05) is 99.0 Å². The van der Waals surface area contributed by atoms with Gasteiger partial charge < -0.3 is 46.6 Å². The van der Waals surface area contributed by atoms with Crippen molar-refractivity contribution in [2.24, 2.45) is 41.2 Å². The zero-order valence-electron chi connectivity index (χ0n) is 55.5. The van der Waals surface area contributed by atoms with E-state index >= 15 is 4.79 Å². The fraction of sp³-hybridized carbons (Fsp3) is 0.586. The first-order valence-electron chi connectivity index (χ1n) is 32.9. The Morgan fingerprint density at radius 3 is 2.15 bits per heavy atom. The number of aliphatic carboxylic acids is 1. The van der Waals surface area contributed by atoms with Crippen LogP contribution in [0.25, 0.3) is 0 Å². The number of nitrogens with two attached hydrogens (primary N) is 1. The highest BCUT2D eigenvalue weighted by atomic mass is 32.1. The third-order valence-electron chi connectivity index (χ3n) is 17.9. The van der Waals surface area contributed by atoms with E-state index in [1.165, 1.54) is 13.1 Å². The summed E-state index contributed by atoms with van der Waals surface area (Å²) in [5, 5.41) is 23.1. The molecule has 5 rings (SSSR count). The third kappa shape index (κ3) is 23.8. The van der Waals surface area contributed by atoms with Crippen molar-refractivity contribution in [1.82, 2.24) is 35.6 Å². The van der Waals surface area contributed by atoms with Crippen LogP contribution in [0.4, 0.5) is 10.5 Å². The van der Waals surface area contributed by atoms with Crippen LogP contribution in [0.1, 0.15) is 184 Å². The second-order valence-electron chi connectivity index (χ2n) is 25.7. The molecule has 2 aliphatic rings. The second-order valence-corrected chi connectivity index (χ2v) is 26.6. The van der Waals surface area contributed by atoms with Gasteiger partial charge in [0.05, 0.1) is 12.0 Å². The van der Waals surface area contributed by atoms with Gasteiger partial charge in [-0.25, -0.2) is 9.78 Å². The highest BCUT2D eigenvalue weighted by Crippen LogP contribution is 2.34. The minimum atomic E-state index is -1.05. The summed E-state index contributed by atoms with van der Waals surface area (Å²) >= 11 is 1.12. The molecule has 9 atom stereocenters. The van der Waals surface area contributed by atoms with Gasteiger partial charge in [0.15, 0.2) is 11.9 Å². The van der Waals surface area contributed by atoms with Crippen LogP contribution in [0.2, 0.25) is 0 Å². The van der Waals surface area contributed by atoms with Gasteiger partial charge in [-0.05, 0) is 118 Å². The highest BCUT2D eigenvalue weighted by molar-refractivity contribution is 7.09. The first kappa shape index (κ1) is 75.1. The number of nitrogens with zero attached hydrogens (tertiary/aromatic N) is 4. The Labute approximate surface area is 547 Å². The van der Waals surface area contributed by atoms with Crippen molar-refractivity contribution >= 4 is 76.1 Å². The number of carbonyl (C=O) groups excluding carboxylic acids is 9. The number of aromatic nitrogens is 1. The summed E-state index contributed by atoms with van der Waals surface area (Å²) in [6.07, 6.45) is 8.98. The molecule has 2 aromatic carbocycles. The number of allylic oxidation sites excluding steroid dienone is 1. The molecule has 504 valence electrons. The SMILES string of the molecule is C=C1C=CC(=O)N1CCCCCC(=O)C[C@H](C(=O)N[C@@H](CCCCC(N)=O)C(=O)Nc1ccc(CCN(C(=O)[C@@H](CC(=O)[C@H]2CCCCN2C)[C@@H](C)CC)[C@H](C[C@@H](OC(=O)NC)c2nc(C(=O)N[C@@H](Cc3ccccc3)C[C@H](C)C(=O)O)cs2)C(C)C)cc1)C(C)C. The number of carboxylic acid groups (broad SMARTS) is 1. The molecule has 0 saturated carbocycles. The van der Waals surface area contributed by atoms with Crippen LogP contribution in [0.5, 0.6) is 0 Å². The quantitative estimate of drug-likeness (QED) is 0.0289. The largest absolute Gasteiger partial charge is 0.481 e. The van der Waals surface area contributed by atoms with E-state index < -0.39 is 77.7 Å². The standard InChI is InChI=1S/C70H101N9O12S/c1-11-46(6)55(41-60(81)58-26-19-21-35-77(58)10)68(87)79(59(45(4)5)42-61(91-70(90)72-9)67-76-57(43-92-67)66(86)74-52(38-47(7)69(88)89)39-50-22-14-12-15-23-50)37-34-49-29-31-51(32-30-49)73-65(85)56(25-17-18-27-62(71)82)75-64(84)54(44(2)3)40-53(80)24-16-13-20-36-78-48(8)28-33-63(78)83/h12,14-15,22-23,28-33,43-47,52,54-56,58-59,61H,8,11,13,16-21,24-27,34-42H2,1-7,9-10H3,(H2,71,82)(H,72,90)(H,73,85)(H,74,86)(H,75,84)(H,88,89)/t46-,47-,52+,54-,55-,56-,58+,59+,61+/m0/s1. The predicted octanol–water partition coefficient (Wildman–Crippen LogP) is 9.76. The number of hydrogen-bond donors (Lipinski definition) is 6. The normalized spacial score (nSPS) is 16.8. The molecule has 3 heterocycles.